The second kappa shape index (κ2) is 6.87. The van der Waals surface area contributed by atoms with Gasteiger partial charge >= 0.3 is 0 Å². The van der Waals surface area contributed by atoms with Gasteiger partial charge in [-0.2, -0.15) is 0 Å². The van der Waals surface area contributed by atoms with E-state index in [2.05, 4.69) is 50.5 Å². The fraction of sp³-hybridized carbons (Fsp3) is 0.474. The lowest BCUT2D eigenvalue weighted by Gasteiger charge is -2.39. The fourth-order valence-corrected chi connectivity index (χ4v) is 3.97. The molecule has 2 aromatic rings. The molecular weight excluding hydrogens is 300 g/mol. The Labute approximate surface area is 143 Å². The molecule has 24 heavy (non-hydrogen) atoms. The molecule has 5 nitrogen and oxygen atoms in total. The number of aromatic nitrogens is 2. The predicted molar refractivity (Wildman–Crippen MR) is 93.7 cm³/mol. The maximum absolute atomic E-state index is 6.28. The van der Waals surface area contributed by atoms with Gasteiger partial charge in [0.2, 0.25) is 0 Å². The van der Waals surface area contributed by atoms with Crippen molar-refractivity contribution >= 4 is 5.82 Å². The molecule has 0 radical (unpaired) electrons. The van der Waals surface area contributed by atoms with Crippen LogP contribution in [0.2, 0.25) is 0 Å². The number of hydrogen-bond acceptors (Lipinski definition) is 5. The second-order valence-electron chi connectivity index (χ2n) is 6.93. The molecule has 126 valence electrons. The number of piperidine rings is 1. The molecule has 3 heterocycles. The van der Waals surface area contributed by atoms with E-state index in [0.29, 0.717) is 6.04 Å². The molecule has 2 aliphatic heterocycles. The highest BCUT2D eigenvalue weighted by Gasteiger charge is 2.43. The first-order valence-electron chi connectivity index (χ1n) is 8.74. The molecule has 1 N–H and O–H groups in total. The summed E-state index contributed by atoms with van der Waals surface area (Å²) in [5.41, 5.74) is 1.37. The summed E-state index contributed by atoms with van der Waals surface area (Å²) >= 11 is 0. The number of ether oxygens (including phenoxy) is 1. The first-order valence-corrected chi connectivity index (χ1v) is 8.74. The number of nitrogens with zero attached hydrogens (tertiary/aromatic N) is 3. The number of hydrogen-bond donors (Lipinski definition) is 1. The number of likely N-dealkylation sites (tertiary alicyclic amines) is 1. The highest BCUT2D eigenvalue weighted by molar-refractivity contribution is 5.32. The fourth-order valence-electron chi connectivity index (χ4n) is 3.97. The smallest absolute Gasteiger partial charge is 0.144 e. The normalized spacial score (nSPS) is 27.4. The van der Waals surface area contributed by atoms with E-state index in [-0.39, 0.29) is 5.60 Å². The second-order valence-corrected chi connectivity index (χ2v) is 6.93. The lowest BCUT2D eigenvalue weighted by atomic mass is 9.88. The van der Waals surface area contributed by atoms with Crippen LogP contribution in [0.25, 0.3) is 0 Å². The Morgan fingerprint density at radius 3 is 3.00 bits per heavy atom. The Morgan fingerprint density at radius 1 is 1.25 bits per heavy atom. The quantitative estimate of drug-likeness (QED) is 0.937. The van der Waals surface area contributed by atoms with Crippen LogP contribution in [0.3, 0.4) is 0 Å². The molecule has 4 rings (SSSR count). The Balaban J connectivity index is 1.37. The maximum atomic E-state index is 6.28. The molecule has 2 fully saturated rings. The molecule has 0 bridgehead atoms. The number of benzene rings is 1. The molecule has 1 spiro atoms. The minimum absolute atomic E-state index is 0.00704. The third-order valence-corrected chi connectivity index (χ3v) is 4.99. The van der Waals surface area contributed by atoms with Gasteiger partial charge in [-0.1, -0.05) is 30.3 Å². The summed E-state index contributed by atoms with van der Waals surface area (Å²) in [5.74, 6) is 0.833. The van der Waals surface area contributed by atoms with Crippen LogP contribution in [0.1, 0.15) is 24.8 Å². The van der Waals surface area contributed by atoms with Gasteiger partial charge in [-0.3, -0.25) is 9.88 Å². The summed E-state index contributed by atoms with van der Waals surface area (Å²) in [6.45, 7) is 3.92. The van der Waals surface area contributed by atoms with E-state index in [4.69, 9.17) is 4.74 Å². The van der Waals surface area contributed by atoms with Crippen molar-refractivity contribution in [3.63, 3.8) is 0 Å². The molecule has 5 heteroatoms. The third-order valence-electron chi connectivity index (χ3n) is 4.99. The van der Waals surface area contributed by atoms with Crippen molar-refractivity contribution in [1.29, 1.82) is 0 Å². The van der Waals surface area contributed by atoms with E-state index >= 15 is 0 Å². The highest BCUT2D eigenvalue weighted by Crippen LogP contribution is 2.36. The standard InChI is InChI=1S/C19H24N4O/c1-2-5-16(6-3-1)13-23-10-4-7-19(15-23)11-17(14-24-19)22-18-12-20-8-9-21-18/h1-3,5-6,8-9,12,17H,4,7,10-11,13-15H2,(H,21,22). The van der Waals surface area contributed by atoms with Crippen LogP contribution < -0.4 is 5.32 Å². The maximum Gasteiger partial charge on any atom is 0.144 e. The van der Waals surface area contributed by atoms with E-state index in [1.54, 1.807) is 18.6 Å². The zero-order valence-electron chi connectivity index (χ0n) is 13.9. The van der Waals surface area contributed by atoms with Gasteiger partial charge in [-0.25, -0.2) is 4.98 Å². The monoisotopic (exact) mass is 324 g/mol. The van der Waals surface area contributed by atoms with Crippen LogP contribution in [-0.2, 0) is 11.3 Å². The number of anilines is 1. The van der Waals surface area contributed by atoms with Crippen molar-refractivity contribution in [2.24, 2.45) is 0 Å². The minimum Gasteiger partial charge on any atom is -0.371 e. The van der Waals surface area contributed by atoms with Crippen molar-refractivity contribution in [1.82, 2.24) is 14.9 Å². The van der Waals surface area contributed by atoms with Gasteiger partial charge in [0.1, 0.15) is 5.82 Å². The van der Waals surface area contributed by atoms with Gasteiger partial charge in [-0.15, -0.1) is 0 Å². The number of rotatable bonds is 4. The topological polar surface area (TPSA) is 50.3 Å². The molecule has 1 aromatic carbocycles. The molecule has 2 atom stereocenters. The Kier molecular flexibility index (Phi) is 4.45. The molecule has 0 saturated carbocycles. The van der Waals surface area contributed by atoms with E-state index < -0.39 is 0 Å². The van der Waals surface area contributed by atoms with Gasteiger partial charge in [0.25, 0.3) is 0 Å². The molecule has 0 aliphatic carbocycles. The Hall–Kier alpha value is -1.98. The van der Waals surface area contributed by atoms with Crippen molar-refractivity contribution in [3.05, 3.63) is 54.5 Å². The lowest BCUT2D eigenvalue weighted by molar-refractivity contribution is -0.0533. The highest BCUT2D eigenvalue weighted by atomic mass is 16.5. The molecule has 2 aliphatic rings. The summed E-state index contributed by atoms with van der Waals surface area (Å²) < 4.78 is 6.28. The molecule has 0 amide bonds. The Bertz CT molecular complexity index is 651. The first-order chi connectivity index (χ1) is 11.8. The summed E-state index contributed by atoms with van der Waals surface area (Å²) in [4.78, 5) is 11.0. The van der Waals surface area contributed by atoms with Crippen LogP contribution in [-0.4, -0.2) is 46.2 Å². The van der Waals surface area contributed by atoms with Gasteiger partial charge in [0, 0.05) is 31.9 Å². The van der Waals surface area contributed by atoms with Gasteiger partial charge in [0.05, 0.1) is 24.4 Å². The average Bonchev–Trinajstić information content (AvgIpc) is 2.98. The van der Waals surface area contributed by atoms with E-state index in [0.717, 1.165) is 44.9 Å². The van der Waals surface area contributed by atoms with E-state index in [9.17, 15) is 0 Å². The van der Waals surface area contributed by atoms with Crippen LogP contribution in [0.15, 0.2) is 48.9 Å². The van der Waals surface area contributed by atoms with Crippen LogP contribution >= 0.6 is 0 Å². The summed E-state index contributed by atoms with van der Waals surface area (Å²) in [6, 6.07) is 11.0. The van der Waals surface area contributed by atoms with Gasteiger partial charge in [-0.05, 0) is 24.9 Å². The lowest BCUT2D eigenvalue weighted by Crippen LogP contribution is -2.47. The third kappa shape index (κ3) is 3.57. The predicted octanol–water partition coefficient (Wildman–Crippen LogP) is 2.71. The largest absolute Gasteiger partial charge is 0.371 e. The van der Waals surface area contributed by atoms with Crippen molar-refractivity contribution in [3.8, 4) is 0 Å². The van der Waals surface area contributed by atoms with Crippen LogP contribution in [0.4, 0.5) is 5.82 Å². The average molecular weight is 324 g/mol. The van der Waals surface area contributed by atoms with Crippen molar-refractivity contribution < 1.29 is 4.74 Å². The first kappa shape index (κ1) is 15.5. The molecular formula is C19H24N4O. The zero-order chi connectivity index (χ0) is 16.2. The van der Waals surface area contributed by atoms with E-state index in [1.807, 2.05) is 0 Å². The zero-order valence-corrected chi connectivity index (χ0v) is 13.9. The summed E-state index contributed by atoms with van der Waals surface area (Å²) in [6.07, 6.45) is 8.57. The SMILES string of the molecule is c1ccc(CN2CCCC3(CC(Nc4cnccn4)CO3)C2)cc1. The van der Waals surface area contributed by atoms with Crippen molar-refractivity contribution in [2.45, 2.75) is 37.5 Å². The summed E-state index contributed by atoms with van der Waals surface area (Å²) in [7, 11) is 0. The molecule has 1 aromatic heterocycles. The molecule has 2 saturated heterocycles. The van der Waals surface area contributed by atoms with E-state index in [1.165, 1.54) is 12.0 Å². The molecule has 2 unspecified atom stereocenters. The van der Waals surface area contributed by atoms with Crippen molar-refractivity contribution in [2.75, 3.05) is 25.0 Å². The van der Waals surface area contributed by atoms with Crippen LogP contribution in [0.5, 0.6) is 0 Å². The number of nitrogens with one attached hydrogen (secondary N) is 1. The Morgan fingerprint density at radius 2 is 2.17 bits per heavy atom. The van der Waals surface area contributed by atoms with Gasteiger partial charge < -0.3 is 10.1 Å². The van der Waals surface area contributed by atoms with Crippen LogP contribution in [0, 0.1) is 0 Å². The van der Waals surface area contributed by atoms with Gasteiger partial charge in [0.15, 0.2) is 0 Å². The minimum atomic E-state index is -0.00704. The summed E-state index contributed by atoms with van der Waals surface area (Å²) in [5, 5.41) is 3.46.